The van der Waals surface area contributed by atoms with Gasteiger partial charge in [-0.2, -0.15) is 0 Å². The Morgan fingerprint density at radius 1 is 1.04 bits per heavy atom. The molecular formula is C23H20BO. The van der Waals surface area contributed by atoms with Crippen molar-refractivity contribution in [3.8, 4) is 11.1 Å². The van der Waals surface area contributed by atoms with E-state index in [1.807, 2.05) is 7.48 Å². The molecule has 0 spiro atoms. The summed E-state index contributed by atoms with van der Waals surface area (Å²) >= 11 is 0. The molecule has 0 aliphatic heterocycles. The van der Waals surface area contributed by atoms with Gasteiger partial charge in [0.1, 0.15) is 0 Å². The summed E-state index contributed by atoms with van der Waals surface area (Å²) in [6.45, 7) is 2.33. The first kappa shape index (κ1) is 15.0. The summed E-state index contributed by atoms with van der Waals surface area (Å²) in [5.41, 5.74) is 9.82. The van der Waals surface area contributed by atoms with Crippen LogP contribution in [0.1, 0.15) is 41.5 Å². The molecule has 0 saturated heterocycles. The van der Waals surface area contributed by atoms with Gasteiger partial charge in [0.2, 0.25) is 0 Å². The van der Waals surface area contributed by atoms with Crippen LogP contribution in [0.4, 0.5) is 0 Å². The lowest BCUT2D eigenvalue weighted by molar-refractivity contribution is 0.450. The lowest BCUT2D eigenvalue weighted by atomic mass is 9.75. The number of rotatable bonds is 2. The third kappa shape index (κ3) is 2.07. The van der Waals surface area contributed by atoms with E-state index in [0.29, 0.717) is 5.92 Å². The Bertz CT molecular complexity index is 1030. The van der Waals surface area contributed by atoms with Gasteiger partial charge in [-0.1, -0.05) is 61.5 Å². The maximum absolute atomic E-state index is 5.39. The maximum Gasteiger partial charge on any atom is 0.329 e. The van der Waals surface area contributed by atoms with Crippen LogP contribution >= 0.6 is 0 Å². The summed E-state index contributed by atoms with van der Waals surface area (Å²) in [6.07, 6.45) is 6.83. The van der Waals surface area contributed by atoms with Gasteiger partial charge >= 0.3 is 7.48 Å². The summed E-state index contributed by atoms with van der Waals surface area (Å²) in [5, 5.41) is 2.69. The molecule has 2 aliphatic carbocycles. The van der Waals surface area contributed by atoms with Gasteiger partial charge in [-0.15, -0.1) is 0 Å². The highest BCUT2D eigenvalue weighted by atomic mass is 16.4. The molecule has 0 fully saturated rings. The minimum atomic E-state index is 0.416. The first-order valence-corrected chi connectivity index (χ1v) is 9.04. The van der Waals surface area contributed by atoms with Crippen LogP contribution in [-0.2, 0) is 11.1 Å². The number of hydrogen-bond donors (Lipinski definition) is 0. The molecule has 1 unspecified atom stereocenters. The second kappa shape index (κ2) is 5.61. The van der Waals surface area contributed by atoms with Crippen LogP contribution in [0, 0.1) is 0 Å². The Balaban J connectivity index is 1.90. The van der Waals surface area contributed by atoms with Crippen molar-refractivity contribution in [3.05, 3.63) is 70.8 Å². The lowest BCUT2D eigenvalue weighted by Crippen LogP contribution is -2.24. The molecule has 2 heteroatoms. The average molecular weight is 323 g/mol. The fraction of sp³-hybridized carbons (Fsp3) is 0.217. The zero-order chi connectivity index (χ0) is 17.0. The molecule has 1 atom stereocenters. The molecule has 0 heterocycles. The standard InChI is InChI=1S/C23H20BO/c1-14-16-12-11-15-7-3-4-8-17(15)22(16)23-19-10-6-5-9-18(19)21(24-25-2)13-20(14)23/h3-4,6-8,10-14H,5,9H2,1-2H3. The van der Waals surface area contributed by atoms with Crippen molar-refractivity contribution in [3.63, 3.8) is 0 Å². The molecule has 0 N–H and O–H groups in total. The fourth-order valence-electron chi connectivity index (χ4n) is 4.63. The molecule has 3 aromatic carbocycles. The van der Waals surface area contributed by atoms with Crippen molar-refractivity contribution in [2.75, 3.05) is 7.11 Å². The first-order valence-electron chi connectivity index (χ1n) is 9.04. The zero-order valence-electron chi connectivity index (χ0n) is 14.7. The number of fused-ring (bicyclic) bond motifs is 7. The van der Waals surface area contributed by atoms with Crippen molar-refractivity contribution in [2.24, 2.45) is 0 Å². The topological polar surface area (TPSA) is 9.23 Å². The highest BCUT2D eigenvalue weighted by Gasteiger charge is 2.31. The predicted molar refractivity (Wildman–Crippen MR) is 107 cm³/mol. The van der Waals surface area contributed by atoms with E-state index in [9.17, 15) is 0 Å². The zero-order valence-corrected chi connectivity index (χ0v) is 14.7. The van der Waals surface area contributed by atoms with Crippen LogP contribution in [-0.4, -0.2) is 14.6 Å². The Labute approximate surface area is 149 Å². The van der Waals surface area contributed by atoms with Crippen LogP contribution in [0.15, 0.2) is 48.5 Å². The second-order valence-corrected chi connectivity index (χ2v) is 7.09. The molecule has 0 amide bonds. The molecule has 0 saturated carbocycles. The maximum atomic E-state index is 5.39. The fourth-order valence-corrected chi connectivity index (χ4v) is 4.63. The van der Waals surface area contributed by atoms with E-state index in [1.165, 1.54) is 49.6 Å². The summed E-state index contributed by atoms with van der Waals surface area (Å²) in [7, 11) is 3.65. The van der Waals surface area contributed by atoms with E-state index >= 15 is 0 Å². The molecule has 5 rings (SSSR count). The van der Waals surface area contributed by atoms with Crippen LogP contribution in [0.25, 0.3) is 28.0 Å². The third-order valence-electron chi connectivity index (χ3n) is 5.78. The van der Waals surface area contributed by atoms with Gasteiger partial charge in [-0.05, 0) is 62.5 Å². The van der Waals surface area contributed by atoms with Crippen molar-refractivity contribution < 1.29 is 4.65 Å². The molecule has 0 bridgehead atoms. The number of allylic oxidation sites excluding steroid dienone is 1. The van der Waals surface area contributed by atoms with Crippen LogP contribution < -0.4 is 5.46 Å². The van der Waals surface area contributed by atoms with Gasteiger partial charge in [-0.25, -0.2) is 0 Å². The summed E-state index contributed by atoms with van der Waals surface area (Å²) < 4.78 is 5.39. The highest BCUT2D eigenvalue weighted by molar-refractivity contribution is 6.48. The Hall–Kier alpha value is -2.32. The molecule has 0 aromatic heterocycles. The second-order valence-electron chi connectivity index (χ2n) is 7.09. The third-order valence-corrected chi connectivity index (χ3v) is 5.78. The van der Waals surface area contributed by atoms with Gasteiger partial charge in [0.05, 0.1) is 0 Å². The van der Waals surface area contributed by atoms with E-state index in [4.69, 9.17) is 4.65 Å². The van der Waals surface area contributed by atoms with E-state index in [-0.39, 0.29) is 0 Å². The molecule has 3 aromatic rings. The SMILES string of the molecule is CO[B]c1cc2c(c3c1CCC=C3)-c1c(ccc3ccccc13)C2C. The predicted octanol–water partition coefficient (Wildman–Crippen LogP) is 4.82. The van der Waals surface area contributed by atoms with Gasteiger partial charge in [0, 0.05) is 13.0 Å². The van der Waals surface area contributed by atoms with Gasteiger partial charge in [0.15, 0.2) is 0 Å². The quantitative estimate of drug-likeness (QED) is 0.614. The Morgan fingerprint density at radius 2 is 1.92 bits per heavy atom. The summed E-state index contributed by atoms with van der Waals surface area (Å²) in [6, 6.07) is 15.7. The number of hydrogen-bond acceptors (Lipinski definition) is 1. The van der Waals surface area contributed by atoms with Crippen LogP contribution in [0.3, 0.4) is 0 Å². The summed E-state index contributed by atoms with van der Waals surface area (Å²) in [4.78, 5) is 0. The molecule has 1 radical (unpaired) electrons. The van der Waals surface area contributed by atoms with Crippen molar-refractivity contribution in [1.82, 2.24) is 0 Å². The molecule has 25 heavy (non-hydrogen) atoms. The van der Waals surface area contributed by atoms with E-state index in [2.05, 4.69) is 61.5 Å². The Morgan fingerprint density at radius 3 is 2.80 bits per heavy atom. The van der Waals surface area contributed by atoms with Crippen molar-refractivity contribution in [2.45, 2.75) is 25.7 Å². The Kier molecular flexibility index (Phi) is 3.36. The van der Waals surface area contributed by atoms with E-state index < -0.39 is 0 Å². The smallest absolute Gasteiger partial charge is 0.329 e. The lowest BCUT2D eigenvalue weighted by Gasteiger charge is -2.20. The van der Waals surface area contributed by atoms with Crippen molar-refractivity contribution >= 4 is 29.8 Å². The normalized spacial score (nSPS) is 17.3. The average Bonchev–Trinajstić information content (AvgIpc) is 2.95. The van der Waals surface area contributed by atoms with Gasteiger partial charge < -0.3 is 4.65 Å². The molecule has 1 nitrogen and oxygen atoms in total. The molecular weight excluding hydrogens is 303 g/mol. The van der Waals surface area contributed by atoms with Gasteiger partial charge in [-0.3, -0.25) is 0 Å². The van der Waals surface area contributed by atoms with Crippen LogP contribution in [0.5, 0.6) is 0 Å². The molecule has 2 aliphatic rings. The largest absolute Gasteiger partial charge is 0.437 e. The number of benzene rings is 3. The van der Waals surface area contributed by atoms with Crippen LogP contribution in [0.2, 0.25) is 0 Å². The van der Waals surface area contributed by atoms with Crippen molar-refractivity contribution in [1.29, 1.82) is 0 Å². The molecule has 121 valence electrons. The van der Waals surface area contributed by atoms with E-state index in [0.717, 1.165) is 12.8 Å². The highest BCUT2D eigenvalue weighted by Crippen LogP contribution is 2.50. The van der Waals surface area contributed by atoms with Gasteiger partial charge in [0.25, 0.3) is 0 Å². The minimum Gasteiger partial charge on any atom is -0.437 e. The van der Waals surface area contributed by atoms with E-state index in [1.54, 1.807) is 7.11 Å². The minimum absolute atomic E-state index is 0.416. The first-order chi connectivity index (χ1) is 12.3. The summed E-state index contributed by atoms with van der Waals surface area (Å²) in [5.74, 6) is 0.416. The monoisotopic (exact) mass is 323 g/mol.